The number of rotatable bonds is 1. The van der Waals surface area contributed by atoms with Crippen LogP contribution in [0.2, 0.25) is 0 Å². The van der Waals surface area contributed by atoms with Crippen molar-refractivity contribution in [3.63, 3.8) is 0 Å². The summed E-state index contributed by atoms with van der Waals surface area (Å²) in [7, 11) is 0. The topological polar surface area (TPSA) is 37.3 Å². The molecule has 0 spiro atoms. The highest BCUT2D eigenvalue weighted by Crippen LogP contribution is 2.28. The number of carbonyl (C=O) groups excluding carboxylic acids is 1. The maximum Gasteiger partial charge on any atom is 0.455 e. The molecule has 1 rings (SSSR count). The van der Waals surface area contributed by atoms with E-state index in [0.29, 0.717) is 6.07 Å². The van der Waals surface area contributed by atoms with Crippen LogP contribution in [0.25, 0.3) is 0 Å². The van der Waals surface area contributed by atoms with Gasteiger partial charge in [-0.05, 0) is 12.1 Å². The normalized spacial score (nSPS) is 11.4. The lowest BCUT2D eigenvalue weighted by Crippen LogP contribution is -2.22. The maximum absolute atomic E-state index is 12.6. The van der Waals surface area contributed by atoms with Gasteiger partial charge in [-0.1, -0.05) is 6.07 Å². The van der Waals surface area contributed by atoms with Crippen molar-refractivity contribution in [2.24, 2.45) is 0 Å². The lowest BCUT2D eigenvalue weighted by Gasteiger charge is -2.06. The van der Waals surface area contributed by atoms with E-state index < -0.39 is 29.1 Å². The fraction of sp³-hybridized carbons (Fsp3) is 0.125. The molecule has 0 saturated heterocycles. The Kier molecular flexibility index (Phi) is 2.46. The number of hydrogen-bond donors (Lipinski definition) is 1. The summed E-state index contributed by atoms with van der Waals surface area (Å²) in [6, 6.07) is 2.37. The molecule has 1 aromatic rings. The van der Waals surface area contributed by atoms with Gasteiger partial charge in [0.25, 0.3) is 5.78 Å². The number of para-hydroxylation sites is 1. The largest absolute Gasteiger partial charge is 0.504 e. The number of phenolic OH excluding ortho intramolecular Hbond substituents is 1. The molecule has 0 aromatic heterocycles. The molecule has 0 aliphatic heterocycles. The average molecular weight is 208 g/mol. The molecule has 76 valence electrons. The van der Waals surface area contributed by atoms with Crippen molar-refractivity contribution in [3.05, 3.63) is 29.6 Å². The maximum atomic E-state index is 12.6. The third-order valence-electron chi connectivity index (χ3n) is 1.49. The number of benzene rings is 1. The van der Waals surface area contributed by atoms with Gasteiger partial charge in [-0.25, -0.2) is 4.39 Å². The van der Waals surface area contributed by atoms with E-state index >= 15 is 0 Å². The van der Waals surface area contributed by atoms with Gasteiger partial charge in [-0.3, -0.25) is 4.79 Å². The standard InChI is InChI=1S/C8H4F4O2/c9-5-3-1-2-4(6(5)13)7(14)8(10,11)12/h1-3,13H. The smallest absolute Gasteiger partial charge is 0.455 e. The van der Waals surface area contributed by atoms with Gasteiger partial charge in [-0.2, -0.15) is 13.2 Å². The molecule has 14 heavy (non-hydrogen) atoms. The highest BCUT2D eigenvalue weighted by atomic mass is 19.4. The van der Waals surface area contributed by atoms with Crippen LogP contribution in [-0.4, -0.2) is 17.1 Å². The van der Waals surface area contributed by atoms with E-state index in [1.165, 1.54) is 0 Å². The van der Waals surface area contributed by atoms with Crippen LogP contribution in [0.3, 0.4) is 0 Å². The molecular formula is C8H4F4O2. The van der Waals surface area contributed by atoms with Crippen LogP contribution in [0.1, 0.15) is 10.4 Å². The predicted octanol–water partition coefficient (Wildman–Crippen LogP) is 2.28. The number of phenols is 1. The van der Waals surface area contributed by atoms with Gasteiger partial charge in [0.15, 0.2) is 11.6 Å². The second kappa shape index (κ2) is 3.28. The Bertz CT molecular complexity index is 370. The number of alkyl halides is 3. The Morgan fingerprint density at radius 3 is 2.36 bits per heavy atom. The Morgan fingerprint density at radius 1 is 1.29 bits per heavy atom. The molecule has 0 radical (unpaired) electrons. The molecule has 0 unspecified atom stereocenters. The van der Waals surface area contributed by atoms with Crippen molar-refractivity contribution in [3.8, 4) is 5.75 Å². The lowest BCUT2D eigenvalue weighted by molar-refractivity contribution is -0.0886. The van der Waals surface area contributed by atoms with Crippen molar-refractivity contribution in [1.29, 1.82) is 0 Å². The minimum atomic E-state index is -5.12. The molecule has 0 amide bonds. The Balaban J connectivity index is 3.21. The van der Waals surface area contributed by atoms with Crippen molar-refractivity contribution in [1.82, 2.24) is 0 Å². The van der Waals surface area contributed by atoms with Gasteiger partial charge < -0.3 is 5.11 Å². The molecule has 0 aliphatic rings. The summed E-state index contributed by atoms with van der Waals surface area (Å²) in [5.74, 6) is -4.82. The Hall–Kier alpha value is -1.59. The summed E-state index contributed by atoms with van der Waals surface area (Å²) < 4.78 is 48.1. The zero-order valence-corrected chi connectivity index (χ0v) is 6.60. The number of ketones is 1. The second-order valence-electron chi connectivity index (χ2n) is 2.46. The first-order chi connectivity index (χ1) is 6.34. The zero-order valence-electron chi connectivity index (χ0n) is 6.60. The molecule has 1 N–H and O–H groups in total. The predicted molar refractivity (Wildman–Crippen MR) is 38.5 cm³/mol. The molecule has 2 nitrogen and oxygen atoms in total. The van der Waals surface area contributed by atoms with E-state index in [1.807, 2.05) is 0 Å². The SMILES string of the molecule is O=C(c1cccc(F)c1O)C(F)(F)F. The van der Waals surface area contributed by atoms with Crippen LogP contribution in [-0.2, 0) is 0 Å². The number of hydrogen-bond acceptors (Lipinski definition) is 2. The van der Waals surface area contributed by atoms with Crippen molar-refractivity contribution >= 4 is 5.78 Å². The number of halogens is 4. The first-order valence-corrected chi connectivity index (χ1v) is 3.43. The minimum Gasteiger partial charge on any atom is -0.504 e. The third kappa shape index (κ3) is 1.84. The fourth-order valence-corrected chi connectivity index (χ4v) is 0.851. The van der Waals surface area contributed by atoms with Crippen LogP contribution >= 0.6 is 0 Å². The summed E-state index contributed by atoms with van der Waals surface area (Å²) in [5, 5.41) is 8.84. The molecular weight excluding hydrogens is 204 g/mol. The monoisotopic (exact) mass is 208 g/mol. The van der Waals surface area contributed by atoms with Gasteiger partial charge in [-0.15, -0.1) is 0 Å². The molecule has 0 heterocycles. The highest BCUT2D eigenvalue weighted by molar-refractivity contribution is 6.02. The van der Waals surface area contributed by atoms with Crippen LogP contribution in [0, 0.1) is 5.82 Å². The zero-order chi connectivity index (χ0) is 10.9. The molecule has 6 heteroatoms. The summed E-state index contributed by atoms with van der Waals surface area (Å²) >= 11 is 0. The fourth-order valence-electron chi connectivity index (χ4n) is 0.851. The van der Waals surface area contributed by atoms with Gasteiger partial charge in [0.1, 0.15) is 0 Å². The lowest BCUT2D eigenvalue weighted by atomic mass is 10.1. The summed E-state index contributed by atoms with van der Waals surface area (Å²) in [5.41, 5.74) is -1.09. The van der Waals surface area contributed by atoms with E-state index in [0.717, 1.165) is 12.1 Å². The molecule has 0 aliphatic carbocycles. The Labute approximate surface area is 75.8 Å². The highest BCUT2D eigenvalue weighted by Gasteiger charge is 2.40. The first kappa shape index (κ1) is 10.5. The van der Waals surface area contributed by atoms with Gasteiger partial charge >= 0.3 is 6.18 Å². The number of carbonyl (C=O) groups is 1. The molecule has 0 atom stereocenters. The molecule has 0 fully saturated rings. The Morgan fingerprint density at radius 2 is 1.86 bits per heavy atom. The summed E-state index contributed by atoms with van der Waals surface area (Å²) in [6.45, 7) is 0. The summed E-state index contributed by atoms with van der Waals surface area (Å²) in [6.07, 6.45) is -5.12. The van der Waals surface area contributed by atoms with Gasteiger partial charge in [0.2, 0.25) is 0 Å². The quantitative estimate of drug-likeness (QED) is 0.567. The van der Waals surface area contributed by atoms with E-state index in [4.69, 9.17) is 5.11 Å². The van der Waals surface area contributed by atoms with Crippen LogP contribution in [0.15, 0.2) is 18.2 Å². The first-order valence-electron chi connectivity index (χ1n) is 3.43. The average Bonchev–Trinajstić information content (AvgIpc) is 2.07. The summed E-state index contributed by atoms with van der Waals surface area (Å²) in [4.78, 5) is 10.6. The van der Waals surface area contributed by atoms with E-state index in [9.17, 15) is 22.4 Å². The number of aromatic hydroxyl groups is 1. The van der Waals surface area contributed by atoms with Crippen LogP contribution < -0.4 is 0 Å². The second-order valence-corrected chi connectivity index (χ2v) is 2.46. The van der Waals surface area contributed by atoms with Crippen molar-refractivity contribution < 1.29 is 27.5 Å². The minimum absolute atomic E-state index is 0.703. The van der Waals surface area contributed by atoms with Gasteiger partial charge in [0.05, 0.1) is 5.56 Å². The van der Waals surface area contributed by atoms with E-state index in [1.54, 1.807) is 0 Å². The van der Waals surface area contributed by atoms with Crippen LogP contribution in [0.5, 0.6) is 5.75 Å². The number of Topliss-reactive ketones (excluding diaryl/α,β-unsaturated/α-hetero) is 1. The van der Waals surface area contributed by atoms with Gasteiger partial charge in [0, 0.05) is 0 Å². The molecule has 0 saturated carbocycles. The van der Waals surface area contributed by atoms with Crippen molar-refractivity contribution in [2.45, 2.75) is 6.18 Å². The molecule has 0 bridgehead atoms. The van der Waals surface area contributed by atoms with Crippen molar-refractivity contribution in [2.75, 3.05) is 0 Å². The third-order valence-corrected chi connectivity index (χ3v) is 1.49. The van der Waals surface area contributed by atoms with E-state index in [2.05, 4.69) is 0 Å². The molecule has 1 aromatic carbocycles. The van der Waals surface area contributed by atoms with Crippen LogP contribution in [0.4, 0.5) is 17.6 Å². The van der Waals surface area contributed by atoms with E-state index in [-0.39, 0.29) is 0 Å².